The molecule has 0 radical (unpaired) electrons. The van der Waals surface area contributed by atoms with E-state index in [2.05, 4.69) is 9.98 Å². The first-order chi connectivity index (χ1) is 11.6. The molecular formula is C18H18N4O2. The van der Waals surface area contributed by atoms with Crippen LogP contribution in [0.4, 0.5) is 22.7 Å². The van der Waals surface area contributed by atoms with Gasteiger partial charge in [-0.2, -0.15) is 0 Å². The zero-order valence-electron chi connectivity index (χ0n) is 13.5. The summed E-state index contributed by atoms with van der Waals surface area (Å²) in [4.78, 5) is 12.6. The molecule has 0 spiro atoms. The van der Waals surface area contributed by atoms with E-state index in [1.165, 1.54) is 0 Å². The first-order valence-corrected chi connectivity index (χ1v) is 7.75. The minimum atomic E-state index is -0.966. The summed E-state index contributed by atoms with van der Waals surface area (Å²) in [5.74, 6) is 0. The Hall–Kier alpha value is -2.70. The van der Waals surface area contributed by atoms with Crippen molar-refractivity contribution >= 4 is 34.2 Å². The zero-order chi connectivity index (χ0) is 16.8. The molecule has 0 saturated carbocycles. The van der Waals surface area contributed by atoms with Gasteiger partial charge in [-0.25, -0.2) is 9.98 Å². The Labute approximate surface area is 140 Å². The van der Waals surface area contributed by atoms with Crippen LogP contribution in [0.1, 0.15) is 0 Å². The maximum absolute atomic E-state index is 10.7. The first-order valence-electron chi connectivity index (χ1n) is 7.75. The van der Waals surface area contributed by atoms with Gasteiger partial charge in [0.05, 0.1) is 22.7 Å². The molecule has 0 amide bonds. The SMILES string of the molecule is CN1c2ccccc2N=C(C2=Nc3ccccc3N(C)C2O)C1O. The molecule has 2 unspecified atom stereocenters. The van der Waals surface area contributed by atoms with Crippen LogP contribution in [-0.2, 0) is 0 Å². The minimum absolute atomic E-state index is 0.366. The van der Waals surface area contributed by atoms with E-state index in [-0.39, 0.29) is 0 Å². The highest BCUT2D eigenvalue weighted by atomic mass is 16.3. The number of hydrogen-bond donors (Lipinski definition) is 2. The van der Waals surface area contributed by atoms with Crippen molar-refractivity contribution in [1.82, 2.24) is 0 Å². The minimum Gasteiger partial charge on any atom is -0.368 e. The van der Waals surface area contributed by atoms with Crippen molar-refractivity contribution < 1.29 is 10.2 Å². The van der Waals surface area contributed by atoms with E-state index in [9.17, 15) is 10.2 Å². The fraction of sp³-hybridized carbons (Fsp3) is 0.222. The van der Waals surface area contributed by atoms with E-state index in [0.29, 0.717) is 11.4 Å². The number of para-hydroxylation sites is 4. The van der Waals surface area contributed by atoms with Gasteiger partial charge in [0.15, 0.2) is 12.5 Å². The molecule has 122 valence electrons. The molecule has 2 aromatic carbocycles. The van der Waals surface area contributed by atoms with Crippen LogP contribution in [0.3, 0.4) is 0 Å². The quantitative estimate of drug-likeness (QED) is 0.843. The number of nitrogens with zero attached hydrogens (tertiary/aromatic N) is 4. The lowest BCUT2D eigenvalue weighted by molar-refractivity contribution is 0.230. The largest absolute Gasteiger partial charge is 0.368 e. The Balaban J connectivity index is 1.87. The number of rotatable bonds is 1. The molecule has 2 aliphatic heterocycles. The average molecular weight is 322 g/mol. The van der Waals surface area contributed by atoms with Gasteiger partial charge < -0.3 is 20.0 Å². The molecule has 0 aliphatic carbocycles. The van der Waals surface area contributed by atoms with Crippen molar-refractivity contribution in [3.05, 3.63) is 48.5 Å². The fourth-order valence-corrected chi connectivity index (χ4v) is 3.10. The number of anilines is 2. The standard InChI is InChI=1S/C18H18N4O2/c1-21-13-9-5-3-7-11(13)19-15(17(21)23)16-18(24)22(2)14-10-6-4-8-12(14)20-16/h3-10,17-18,23-24H,1-2H3. The molecule has 0 fully saturated rings. The number of aliphatic hydroxyl groups excluding tert-OH is 2. The van der Waals surface area contributed by atoms with Gasteiger partial charge in [0.2, 0.25) is 0 Å². The lowest BCUT2D eigenvalue weighted by atomic mass is 10.0. The third-order valence-electron chi connectivity index (χ3n) is 4.49. The number of aliphatic hydroxyl groups is 2. The van der Waals surface area contributed by atoms with Crippen molar-refractivity contribution in [2.24, 2.45) is 9.98 Å². The Bertz CT molecular complexity index is 790. The topological polar surface area (TPSA) is 71.7 Å². The third-order valence-corrected chi connectivity index (χ3v) is 4.49. The summed E-state index contributed by atoms with van der Waals surface area (Å²) in [7, 11) is 3.59. The Morgan fingerprint density at radius 3 is 1.50 bits per heavy atom. The van der Waals surface area contributed by atoms with Crippen molar-refractivity contribution in [1.29, 1.82) is 0 Å². The van der Waals surface area contributed by atoms with E-state index in [0.717, 1.165) is 22.7 Å². The van der Waals surface area contributed by atoms with Gasteiger partial charge >= 0.3 is 0 Å². The molecule has 6 heteroatoms. The highest BCUT2D eigenvalue weighted by Crippen LogP contribution is 2.37. The van der Waals surface area contributed by atoms with E-state index >= 15 is 0 Å². The highest BCUT2D eigenvalue weighted by Gasteiger charge is 2.35. The van der Waals surface area contributed by atoms with Gasteiger partial charge in [0, 0.05) is 14.1 Å². The van der Waals surface area contributed by atoms with E-state index in [4.69, 9.17) is 0 Å². The van der Waals surface area contributed by atoms with Crippen LogP contribution >= 0.6 is 0 Å². The lowest BCUT2D eigenvalue weighted by Crippen LogP contribution is -2.52. The predicted octanol–water partition coefficient (Wildman–Crippen LogP) is 2.07. The van der Waals surface area contributed by atoms with Gasteiger partial charge in [0.25, 0.3) is 0 Å². The molecule has 0 aromatic heterocycles. The van der Waals surface area contributed by atoms with Crippen LogP contribution < -0.4 is 9.80 Å². The second kappa shape index (κ2) is 5.43. The van der Waals surface area contributed by atoms with Gasteiger partial charge in [-0.1, -0.05) is 24.3 Å². The number of benzene rings is 2. The molecule has 6 nitrogen and oxygen atoms in total. The molecule has 0 bridgehead atoms. The van der Waals surface area contributed by atoms with Crippen LogP contribution in [0.5, 0.6) is 0 Å². The summed E-state index contributed by atoms with van der Waals surface area (Å²) in [6.07, 6.45) is -1.93. The molecule has 0 saturated heterocycles. The van der Waals surface area contributed by atoms with Crippen LogP contribution in [-0.4, -0.2) is 48.2 Å². The summed E-state index contributed by atoms with van der Waals surface area (Å²) in [6.45, 7) is 0. The number of aliphatic imine (C=N–C) groups is 2. The van der Waals surface area contributed by atoms with Gasteiger partial charge in [-0.05, 0) is 24.3 Å². The lowest BCUT2D eigenvalue weighted by Gasteiger charge is -2.37. The second-order valence-electron chi connectivity index (χ2n) is 5.94. The van der Waals surface area contributed by atoms with Crippen molar-refractivity contribution in [3.8, 4) is 0 Å². The van der Waals surface area contributed by atoms with Gasteiger partial charge in [-0.3, -0.25) is 0 Å². The summed E-state index contributed by atoms with van der Waals surface area (Å²) in [6, 6.07) is 15.2. The zero-order valence-corrected chi connectivity index (χ0v) is 13.5. The maximum Gasteiger partial charge on any atom is 0.172 e. The summed E-state index contributed by atoms with van der Waals surface area (Å²) >= 11 is 0. The predicted molar refractivity (Wildman–Crippen MR) is 95.9 cm³/mol. The van der Waals surface area contributed by atoms with Crippen LogP contribution in [0.2, 0.25) is 0 Å². The summed E-state index contributed by atoms with van der Waals surface area (Å²) in [5.41, 5.74) is 3.91. The first kappa shape index (κ1) is 14.9. The normalized spacial score (nSPS) is 22.5. The fourth-order valence-electron chi connectivity index (χ4n) is 3.10. The summed E-state index contributed by atoms with van der Waals surface area (Å²) < 4.78 is 0. The van der Waals surface area contributed by atoms with E-state index in [1.807, 2.05) is 48.5 Å². The van der Waals surface area contributed by atoms with Crippen molar-refractivity contribution in [2.45, 2.75) is 12.5 Å². The number of fused-ring (bicyclic) bond motifs is 2. The smallest absolute Gasteiger partial charge is 0.172 e. The molecule has 2 atom stereocenters. The Morgan fingerprint density at radius 2 is 1.08 bits per heavy atom. The molecule has 2 aliphatic rings. The van der Waals surface area contributed by atoms with E-state index < -0.39 is 12.5 Å². The molecule has 4 rings (SSSR count). The molecule has 2 heterocycles. The molecule has 24 heavy (non-hydrogen) atoms. The van der Waals surface area contributed by atoms with Gasteiger partial charge in [-0.15, -0.1) is 0 Å². The number of hydrogen-bond acceptors (Lipinski definition) is 6. The second-order valence-corrected chi connectivity index (χ2v) is 5.94. The highest BCUT2D eigenvalue weighted by molar-refractivity contribution is 6.48. The molecular weight excluding hydrogens is 304 g/mol. The Kier molecular flexibility index (Phi) is 3.37. The summed E-state index contributed by atoms with van der Waals surface area (Å²) in [5, 5.41) is 21.3. The Morgan fingerprint density at radius 1 is 0.708 bits per heavy atom. The third kappa shape index (κ3) is 2.11. The van der Waals surface area contributed by atoms with Crippen LogP contribution in [0.15, 0.2) is 58.5 Å². The van der Waals surface area contributed by atoms with Crippen molar-refractivity contribution in [2.75, 3.05) is 23.9 Å². The van der Waals surface area contributed by atoms with Crippen LogP contribution in [0, 0.1) is 0 Å². The van der Waals surface area contributed by atoms with E-state index in [1.54, 1.807) is 23.9 Å². The van der Waals surface area contributed by atoms with Gasteiger partial charge in [0.1, 0.15) is 11.4 Å². The maximum atomic E-state index is 10.7. The average Bonchev–Trinajstić information content (AvgIpc) is 2.61. The van der Waals surface area contributed by atoms with Crippen LogP contribution in [0.25, 0.3) is 0 Å². The van der Waals surface area contributed by atoms with Crippen molar-refractivity contribution in [3.63, 3.8) is 0 Å². The molecule has 2 aromatic rings. The monoisotopic (exact) mass is 322 g/mol. The molecule has 2 N–H and O–H groups in total.